The average molecular weight is 354 g/mol. The Labute approximate surface area is 156 Å². The Kier molecular flexibility index (Phi) is 6.83. The van der Waals surface area contributed by atoms with Crippen LogP contribution in [0.25, 0.3) is 0 Å². The van der Waals surface area contributed by atoms with Crippen LogP contribution in [0.1, 0.15) is 44.0 Å². The number of aromatic nitrogens is 2. The van der Waals surface area contributed by atoms with Gasteiger partial charge in [-0.15, -0.1) is 0 Å². The fourth-order valence-electron chi connectivity index (χ4n) is 3.73. The highest BCUT2D eigenvalue weighted by Gasteiger charge is 2.28. The highest BCUT2D eigenvalue weighted by atomic mass is 16.2. The van der Waals surface area contributed by atoms with Crippen molar-refractivity contribution < 1.29 is 4.79 Å². The van der Waals surface area contributed by atoms with Crippen LogP contribution < -0.4 is 5.32 Å². The molecule has 3 rings (SSSR count). The van der Waals surface area contributed by atoms with Gasteiger partial charge in [0.1, 0.15) is 5.82 Å². The zero-order valence-electron chi connectivity index (χ0n) is 15.7. The first-order valence-electron chi connectivity index (χ1n) is 9.83. The largest absolute Gasteiger partial charge is 0.355 e. The van der Waals surface area contributed by atoms with Crippen LogP contribution in [0.5, 0.6) is 0 Å². The van der Waals surface area contributed by atoms with Crippen molar-refractivity contribution in [2.24, 2.45) is 0 Å². The third-order valence-electron chi connectivity index (χ3n) is 5.14. The second kappa shape index (κ2) is 9.53. The second-order valence-electron chi connectivity index (χ2n) is 7.00. The molecule has 1 saturated heterocycles. The Morgan fingerprint density at radius 3 is 2.92 bits per heavy atom. The third kappa shape index (κ3) is 4.94. The molecule has 1 N–H and O–H groups in total. The van der Waals surface area contributed by atoms with E-state index in [2.05, 4.69) is 51.0 Å². The smallest absolute Gasteiger partial charge is 0.237 e. The van der Waals surface area contributed by atoms with E-state index in [0.29, 0.717) is 0 Å². The van der Waals surface area contributed by atoms with Crippen LogP contribution in [-0.2, 0) is 24.3 Å². The zero-order valence-corrected chi connectivity index (χ0v) is 15.7. The minimum absolute atomic E-state index is 0.00315. The maximum Gasteiger partial charge on any atom is 0.237 e. The van der Waals surface area contributed by atoms with Gasteiger partial charge in [-0.2, -0.15) is 0 Å². The molecule has 5 nitrogen and oxygen atoms in total. The van der Waals surface area contributed by atoms with Crippen molar-refractivity contribution in [3.8, 4) is 0 Å². The summed E-state index contributed by atoms with van der Waals surface area (Å²) in [5, 5.41) is 3.15. The Bertz CT molecular complexity index is 682. The standard InChI is InChI=1S/C21H30N4O/c1-2-20-22-13-16-24(20)15-8-12-23-21(26)19-11-6-7-14-25(19)17-18-9-4-3-5-10-18/h3-5,9-10,13,16,19H,2,6-8,11-12,14-15,17H2,1H3,(H,23,26)/t19-/m1/s1. The average Bonchev–Trinajstić information content (AvgIpc) is 3.14. The predicted octanol–water partition coefficient (Wildman–Crippen LogP) is 3.01. The minimum Gasteiger partial charge on any atom is -0.355 e. The van der Waals surface area contributed by atoms with Gasteiger partial charge in [0.15, 0.2) is 0 Å². The summed E-state index contributed by atoms with van der Waals surface area (Å²) in [7, 11) is 0. The normalized spacial score (nSPS) is 18.0. The van der Waals surface area contributed by atoms with Crippen molar-refractivity contribution >= 4 is 5.91 Å². The summed E-state index contributed by atoms with van der Waals surface area (Å²) < 4.78 is 2.18. The van der Waals surface area contributed by atoms with Crippen LogP contribution >= 0.6 is 0 Å². The molecule has 1 atom stereocenters. The molecule has 1 aliphatic rings. The molecule has 1 aliphatic heterocycles. The fourth-order valence-corrected chi connectivity index (χ4v) is 3.73. The molecule has 140 valence electrons. The maximum absolute atomic E-state index is 12.7. The van der Waals surface area contributed by atoms with Crippen LogP contribution in [0.2, 0.25) is 0 Å². The lowest BCUT2D eigenvalue weighted by atomic mass is 10.0. The number of imidazole rings is 1. The van der Waals surface area contributed by atoms with E-state index >= 15 is 0 Å². The number of likely N-dealkylation sites (tertiary alicyclic amines) is 1. The summed E-state index contributed by atoms with van der Waals surface area (Å²) in [6.07, 6.45) is 9.01. The highest BCUT2D eigenvalue weighted by molar-refractivity contribution is 5.81. The number of carbonyl (C=O) groups excluding carboxylic acids is 1. The van der Waals surface area contributed by atoms with Gasteiger partial charge in [0.05, 0.1) is 6.04 Å². The van der Waals surface area contributed by atoms with E-state index in [4.69, 9.17) is 0 Å². The van der Waals surface area contributed by atoms with Crippen LogP contribution in [0.4, 0.5) is 0 Å². The molecule has 26 heavy (non-hydrogen) atoms. The molecule has 5 heteroatoms. The highest BCUT2D eigenvalue weighted by Crippen LogP contribution is 2.19. The van der Waals surface area contributed by atoms with Gasteiger partial charge in [-0.25, -0.2) is 4.98 Å². The number of nitrogens with one attached hydrogen (secondary N) is 1. The number of rotatable bonds is 8. The Morgan fingerprint density at radius 2 is 2.12 bits per heavy atom. The van der Waals surface area contributed by atoms with Crippen LogP contribution in [0, 0.1) is 0 Å². The molecule has 1 fully saturated rings. The third-order valence-corrected chi connectivity index (χ3v) is 5.14. The van der Waals surface area contributed by atoms with Crippen molar-refractivity contribution in [2.45, 2.75) is 58.2 Å². The van der Waals surface area contributed by atoms with Crippen molar-refractivity contribution in [2.75, 3.05) is 13.1 Å². The van der Waals surface area contributed by atoms with Gasteiger partial charge >= 0.3 is 0 Å². The van der Waals surface area contributed by atoms with Crippen LogP contribution in [-0.4, -0.2) is 39.5 Å². The molecule has 0 bridgehead atoms. The number of aryl methyl sites for hydroxylation is 2. The first-order chi connectivity index (χ1) is 12.8. The maximum atomic E-state index is 12.7. The molecule has 0 radical (unpaired) electrons. The van der Waals surface area contributed by atoms with Crippen molar-refractivity contribution in [1.82, 2.24) is 19.8 Å². The van der Waals surface area contributed by atoms with Crippen LogP contribution in [0.15, 0.2) is 42.7 Å². The van der Waals surface area contributed by atoms with E-state index in [1.54, 1.807) is 0 Å². The predicted molar refractivity (Wildman–Crippen MR) is 104 cm³/mol. The molecule has 1 amide bonds. The fraction of sp³-hybridized carbons (Fsp3) is 0.524. The second-order valence-corrected chi connectivity index (χ2v) is 7.00. The van der Waals surface area contributed by atoms with Crippen molar-refractivity contribution in [3.63, 3.8) is 0 Å². The summed E-state index contributed by atoms with van der Waals surface area (Å²) in [6.45, 7) is 5.60. The topological polar surface area (TPSA) is 50.2 Å². The van der Waals surface area contributed by atoms with E-state index < -0.39 is 0 Å². The van der Waals surface area contributed by atoms with E-state index in [0.717, 1.165) is 57.7 Å². The number of piperidine rings is 1. The monoisotopic (exact) mass is 354 g/mol. The Balaban J connectivity index is 1.47. The van der Waals surface area contributed by atoms with E-state index in [-0.39, 0.29) is 11.9 Å². The van der Waals surface area contributed by atoms with Gasteiger partial charge < -0.3 is 9.88 Å². The summed E-state index contributed by atoms with van der Waals surface area (Å²) >= 11 is 0. The molecule has 2 heterocycles. The molecule has 0 saturated carbocycles. The lowest BCUT2D eigenvalue weighted by molar-refractivity contribution is -0.127. The quantitative estimate of drug-likeness (QED) is 0.742. The zero-order chi connectivity index (χ0) is 18.2. The van der Waals surface area contributed by atoms with Crippen molar-refractivity contribution in [3.05, 3.63) is 54.1 Å². The van der Waals surface area contributed by atoms with Gasteiger partial charge in [-0.3, -0.25) is 9.69 Å². The molecule has 1 aromatic heterocycles. The van der Waals surface area contributed by atoms with Gasteiger partial charge in [0.25, 0.3) is 0 Å². The number of hydrogen-bond acceptors (Lipinski definition) is 3. The van der Waals surface area contributed by atoms with E-state index in [9.17, 15) is 4.79 Å². The molecular formula is C21H30N4O. The summed E-state index contributed by atoms with van der Waals surface area (Å²) in [4.78, 5) is 19.4. The summed E-state index contributed by atoms with van der Waals surface area (Å²) in [5.41, 5.74) is 1.28. The Morgan fingerprint density at radius 1 is 1.27 bits per heavy atom. The molecule has 1 aromatic carbocycles. The van der Waals surface area contributed by atoms with E-state index in [1.165, 1.54) is 12.0 Å². The molecular weight excluding hydrogens is 324 g/mol. The molecule has 0 aliphatic carbocycles. The van der Waals surface area contributed by atoms with Gasteiger partial charge in [-0.1, -0.05) is 43.7 Å². The van der Waals surface area contributed by atoms with Gasteiger partial charge in [0, 0.05) is 38.4 Å². The summed E-state index contributed by atoms with van der Waals surface area (Å²) in [5.74, 6) is 1.29. The number of nitrogens with zero attached hydrogens (tertiary/aromatic N) is 3. The van der Waals surface area contributed by atoms with E-state index in [1.807, 2.05) is 18.5 Å². The number of amides is 1. The summed E-state index contributed by atoms with van der Waals surface area (Å²) in [6, 6.07) is 10.4. The molecule has 0 spiro atoms. The SMILES string of the molecule is CCc1nccn1CCCNC(=O)[C@H]1CCCCN1Cc1ccccc1. The number of hydrogen-bond donors (Lipinski definition) is 1. The number of carbonyl (C=O) groups is 1. The number of benzene rings is 1. The molecule has 0 unspecified atom stereocenters. The van der Waals surface area contributed by atoms with Gasteiger partial charge in [-0.05, 0) is 31.4 Å². The van der Waals surface area contributed by atoms with Crippen LogP contribution in [0.3, 0.4) is 0 Å². The first kappa shape index (κ1) is 18.6. The van der Waals surface area contributed by atoms with Gasteiger partial charge in [0.2, 0.25) is 5.91 Å². The molecule has 2 aromatic rings. The van der Waals surface area contributed by atoms with Crippen molar-refractivity contribution in [1.29, 1.82) is 0 Å². The lowest BCUT2D eigenvalue weighted by Crippen LogP contribution is -2.49. The lowest BCUT2D eigenvalue weighted by Gasteiger charge is -2.34. The first-order valence-corrected chi connectivity index (χ1v) is 9.83. The Hall–Kier alpha value is -2.14. The minimum atomic E-state index is 0.00315.